The first-order chi connectivity index (χ1) is 10.8. The second-order valence-corrected chi connectivity index (χ2v) is 5.72. The molecule has 1 N–H and O–H groups in total. The molecule has 1 aliphatic rings. The van der Waals surface area contributed by atoms with Gasteiger partial charge in [-0.05, 0) is 13.3 Å². The molecular weight excluding hydrogens is 311 g/mol. The Morgan fingerprint density at radius 3 is 2.74 bits per heavy atom. The van der Waals surface area contributed by atoms with Crippen molar-refractivity contribution in [3.05, 3.63) is 35.2 Å². The summed E-state index contributed by atoms with van der Waals surface area (Å²) < 4.78 is 39.1. The summed E-state index contributed by atoms with van der Waals surface area (Å²) in [4.78, 5) is 21.3. The molecule has 1 unspecified atom stereocenters. The summed E-state index contributed by atoms with van der Waals surface area (Å²) in [6.45, 7) is 2.78. The van der Waals surface area contributed by atoms with Crippen LogP contribution in [0.2, 0.25) is 0 Å². The van der Waals surface area contributed by atoms with Gasteiger partial charge in [0.1, 0.15) is 11.5 Å². The fraction of sp³-hybridized carbons (Fsp3) is 0.500. The number of aromatic nitrogens is 4. The van der Waals surface area contributed by atoms with Crippen LogP contribution in [0.15, 0.2) is 12.3 Å². The maximum atomic E-state index is 12.8. The van der Waals surface area contributed by atoms with Crippen molar-refractivity contribution in [1.29, 1.82) is 0 Å². The molecule has 3 rings (SSSR count). The summed E-state index contributed by atoms with van der Waals surface area (Å²) >= 11 is 0. The van der Waals surface area contributed by atoms with Gasteiger partial charge in [0, 0.05) is 44.0 Å². The highest BCUT2D eigenvalue weighted by Crippen LogP contribution is 2.30. The van der Waals surface area contributed by atoms with Crippen LogP contribution in [0.3, 0.4) is 0 Å². The van der Waals surface area contributed by atoms with Gasteiger partial charge in [0.2, 0.25) is 0 Å². The number of hydrogen-bond donors (Lipinski definition) is 1. The third-order valence-corrected chi connectivity index (χ3v) is 3.97. The van der Waals surface area contributed by atoms with E-state index < -0.39 is 17.8 Å². The number of nitrogens with zero attached hydrogens (tertiary/aromatic N) is 4. The van der Waals surface area contributed by atoms with E-state index in [0.29, 0.717) is 17.8 Å². The van der Waals surface area contributed by atoms with E-state index in [0.717, 1.165) is 24.0 Å². The molecule has 6 nitrogen and oxygen atoms in total. The summed E-state index contributed by atoms with van der Waals surface area (Å²) in [5.74, 6) is 0.384. The molecule has 23 heavy (non-hydrogen) atoms. The number of likely N-dealkylation sites (tertiary alicyclic amines) is 1. The van der Waals surface area contributed by atoms with Crippen molar-refractivity contribution in [2.45, 2.75) is 25.4 Å². The average Bonchev–Trinajstić information content (AvgIpc) is 3.15. The Morgan fingerprint density at radius 1 is 1.43 bits per heavy atom. The Kier molecular flexibility index (Phi) is 3.65. The first-order valence-corrected chi connectivity index (χ1v) is 7.17. The van der Waals surface area contributed by atoms with Crippen LogP contribution in [0.1, 0.15) is 40.0 Å². The molecule has 0 aliphatic carbocycles. The molecule has 0 radical (unpaired) electrons. The number of aromatic amines is 1. The molecule has 1 amide bonds. The van der Waals surface area contributed by atoms with Crippen molar-refractivity contribution in [2.24, 2.45) is 7.05 Å². The van der Waals surface area contributed by atoms with E-state index >= 15 is 0 Å². The molecular formula is C14H16F3N5O. The first kappa shape index (κ1) is 15.6. The largest absolute Gasteiger partial charge is 0.433 e. The lowest BCUT2D eigenvalue weighted by Gasteiger charge is -2.14. The zero-order chi connectivity index (χ0) is 16.8. The zero-order valence-corrected chi connectivity index (χ0v) is 12.7. The van der Waals surface area contributed by atoms with Crippen LogP contribution in [-0.4, -0.2) is 43.6 Å². The molecule has 124 valence electrons. The number of H-pyrrole nitrogens is 1. The molecule has 9 heteroatoms. The minimum atomic E-state index is -4.53. The smallest absolute Gasteiger partial charge is 0.346 e. The van der Waals surface area contributed by atoms with Gasteiger partial charge in [0.25, 0.3) is 5.91 Å². The van der Waals surface area contributed by atoms with Crippen LogP contribution in [0.5, 0.6) is 0 Å². The maximum absolute atomic E-state index is 12.8. The number of halogens is 3. The minimum Gasteiger partial charge on any atom is -0.346 e. The molecule has 2 aromatic heterocycles. The number of hydrogen-bond acceptors (Lipinski definition) is 3. The van der Waals surface area contributed by atoms with E-state index in [2.05, 4.69) is 15.1 Å². The van der Waals surface area contributed by atoms with Crippen molar-refractivity contribution in [3.63, 3.8) is 0 Å². The van der Waals surface area contributed by atoms with Crippen LogP contribution < -0.4 is 0 Å². The third-order valence-electron chi connectivity index (χ3n) is 3.97. The van der Waals surface area contributed by atoms with Gasteiger partial charge in [0.15, 0.2) is 5.69 Å². The van der Waals surface area contributed by atoms with E-state index in [1.807, 2.05) is 6.92 Å². The second kappa shape index (κ2) is 5.39. The van der Waals surface area contributed by atoms with Gasteiger partial charge in [-0.15, -0.1) is 0 Å². The van der Waals surface area contributed by atoms with Crippen LogP contribution >= 0.6 is 0 Å². The molecule has 1 atom stereocenters. The number of carbonyl (C=O) groups is 1. The lowest BCUT2D eigenvalue weighted by molar-refractivity contribution is -0.143. The number of rotatable bonds is 2. The van der Waals surface area contributed by atoms with E-state index in [-0.39, 0.29) is 11.6 Å². The Balaban J connectivity index is 1.75. The van der Waals surface area contributed by atoms with Gasteiger partial charge in [-0.3, -0.25) is 9.48 Å². The molecule has 0 bridgehead atoms. The van der Waals surface area contributed by atoms with Gasteiger partial charge >= 0.3 is 6.18 Å². The van der Waals surface area contributed by atoms with E-state index in [9.17, 15) is 18.0 Å². The average molecular weight is 327 g/mol. The number of nitrogens with one attached hydrogen (secondary N) is 1. The Hall–Kier alpha value is -2.32. The van der Waals surface area contributed by atoms with Crippen LogP contribution in [0.4, 0.5) is 13.2 Å². The molecule has 0 spiro atoms. The van der Waals surface area contributed by atoms with E-state index in [1.54, 1.807) is 6.20 Å². The van der Waals surface area contributed by atoms with Crippen LogP contribution in [0, 0.1) is 6.92 Å². The number of alkyl halides is 3. The predicted molar refractivity (Wildman–Crippen MR) is 74.8 cm³/mol. The third kappa shape index (κ3) is 2.95. The lowest BCUT2D eigenvalue weighted by Crippen LogP contribution is -2.29. The Morgan fingerprint density at radius 2 is 2.17 bits per heavy atom. The van der Waals surface area contributed by atoms with Crippen molar-refractivity contribution < 1.29 is 18.0 Å². The number of amides is 1. The summed E-state index contributed by atoms with van der Waals surface area (Å²) in [6.07, 6.45) is -2.09. The summed E-state index contributed by atoms with van der Waals surface area (Å²) in [7, 11) is 1.18. The number of aryl methyl sites for hydroxylation is 2. The normalized spacial score (nSPS) is 18.7. The van der Waals surface area contributed by atoms with Gasteiger partial charge in [0.05, 0.1) is 0 Å². The molecule has 1 aliphatic heterocycles. The monoisotopic (exact) mass is 327 g/mol. The predicted octanol–water partition coefficient (Wildman–Crippen LogP) is 2.10. The molecule has 1 saturated heterocycles. The fourth-order valence-corrected chi connectivity index (χ4v) is 2.81. The van der Waals surface area contributed by atoms with Crippen molar-refractivity contribution >= 4 is 5.91 Å². The molecule has 0 saturated carbocycles. The SMILES string of the molecule is Cc1cnc(C2CCN(C(=O)c3cc(C(F)(F)F)n(C)n3)C2)[nH]1. The zero-order valence-electron chi connectivity index (χ0n) is 12.7. The highest BCUT2D eigenvalue weighted by Gasteiger charge is 2.37. The lowest BCUT2D eigenvalue weighted by atomic mass is 10.1. The van der Waals surface area contributed by atoms with E-state index in [1.165, 1.54) is 11.9 Å². The first-order valence-electron chi connectivity index (χ1n) is 7.17. The number of imidazole rings is 1. The maximum Gasteiger partial charge on any atom is 0.433 e. The second-order valence-electron chi connectivity index (χ2n) is 5.72. The fourth-order valence-electron chi connectivity index (χ4n) is 2.81. The van der Waals surface area contributed by atoms with Crippen LogP contribution in [0.25, 0.3) is 0 Å². The number of carbonyl (C=O) groups excluding carboxylic acids is 1. The highest BCUT2D eigenvalue weighted by molar-refractivity contribution is 5.92. The van der Waals surface area contributed by atoms with Gasteiger partial charge in [-0.1, -0.05) is 0 Å². The standard InChI is InChI=1S/C14H16F3N5O/c1-8-6-18-12(19-8)9-3-4-22(7-9)13(23)10-5-11(14(15,16)17)21(2)20-10/h5-6,9H,3-4,7H2,1-2H3,(H,18,19). The van der Waals surface area contributed by atoms with Gasteiger partial charge < -0.3 is 9.88 Å². The van der Waals surface area contributed by atoms with E-state index in [4.69, 9.17) is 0 Å². The van der Waals surface area contributed by atoms with Gasteiger partial charge in [-0.2, -0.15) is 18.3 Å². The molecule has 1 fully saturated rings. The summed E-state index contributed by atoms with van der Waals surface area (Å²) in [5, 5.41) is 3.71. The summed E-state index contributed by atoms with van der Waals surface area (Å²) in [6, 6.07) is 0.798. The molecule has 2 aromatic rings. The topological polar surface area (TPSA) is 66.8 Å². The van der Waals surface area contributed by atoms with Crippen molar-refractivity contribution in [3.8, 4) is 0 Å². The van der Waals surface area contributed by atoms with Crippen molar-refractivity contribution in [2.75, 3.05) is 13.1 Å². The van der Waals surface area contributed by atoms with Crippen molar-refractivity contribution in [1.82, 2.24) is 24.6 Å². The highest BCUT2D eigenvalue weighted by atomic mass is 19.4. The molecule has 0 aromatic carbocycles. The minimum absolute atomic E-state index is 0.0680. The van der Waals surface area contributed by atoms with Crippen LogP contribution in [-0.2, 0) is 13.2 Å². The quantitative estimate of drug-likeness (QED) is 0.918. The Labute approximate surface area is 130 Å². The Bertz CT molecular complexity index is 733. The summed E-state index contributed by atoms with van der Waals surface area (Å²) in [5.41, 5.74) is -0.182. The van der Waals surface area contributed by atoms with Gasteiger partial charge in [-0.25, -0.2) is 4.98 Å². The molecule has 3 heterocycles.